The summed E-state index contributed by atoms with van der Waals surface area (Å²) in [5, 5.41) is 11.8. The maximum absolute atomic E-state index is 12.8. The van der Waals surface area contributed by atoms with E-state index in [9.17, 15) is 9.59 Å². The summed E-state index contributed by atoms with van der Waals surface area (Å²) >= 11 is 1.59. The fraction of sp³-hybridized carbons (Fsp3) is 0.0909. The summed E-state index contributed by atoms with van der Waals surface area (Å²) < 4.78 is 4.27. The standard InChI is InChI=1S/C22H18N6O2S/c1-31-17-9-5-8-16(12-17)23-20(29)14-28-22(30)26-10-11-27-19(21(26)25-28)13-18(24-27)15-6-3-2-4-7-15/h2-13H,14H2,1H3,(H,23,29). The largest absolute Gasteiger partial charge is 0.350 e. The molecule has 0 aliphatic rings. The van der Waals surface area contributed by atoms with Gasteiger partial charge in [0.15, 0.2) is 5.65 Å². The van der Waals surface area contributed by atoms with E-state index in [1.165, 1.54) is 4.40 Å². The summed E-state index contributed by atoms with van der Waals surface area (Å²) in [6, 6.07) is 19.2. The van der Waals surface area contributed by atoms with Crippen LogP contribution < -0.4 is 11.0 Å². The Balaban J connectivity index is 1.47. The summed E-state index contributed by atoms with van der Waals surface area (Å²) in [5.74, 6) is -0.321. The summed E-state index contributed by atoms with van der Waals surface area (Å²) in [4.78, 5) is 26.3. The molecule has 154 valence electrons. The molecule has 0 fully saturated rings. The number of carbonyl (C=O) groups is 1. The zero-order valence-corrected chi connectivity index (χ0v) is 17.4. The third-order valence-corrected chi connectivity index (χ3v) is 5.63. The zero-order valence-electron chi connectivity index (χ0n) is 16.6. The minimum absolute atomic E-state index is 0.185. The van der Waals surface area contributed by atoms with Gasteiger partial charge in [-0.05, 0) is 30.5 Å². The molecular formula is C22H18N6O2S. The number of hydrogen-bond donors (Lipinski definition) is 1. The predicted molar refractivity (Wildman–Crippen MR) is 120 cm³/mol. The third-order valence-electron chi connectivity index (χ3n) is 4.91. The lowest BCUT2D eigenvalue weighted by molar-refractivity contribution is -0.117. The second-order valence-corrected chi connectivity index (χ2v) is 7.82. The molecule has 5 aromatic rings. The third kappa shape index (κ3) is 3.59. The van der Waals surface area contributed by atoms with Crippen molar-refractivity contribution in [3.05, 3.63) is 83.5 Å². The van der Waals surface area contributed by atoms with E-state index < -0.39 is 0 Å². The number of rotatable bonds is 5. The maximum atomic E-state index is 12.8. The van der Waals surface area contributed by atoms with Crippen LogP contribution in [-0.2, 0) is 11.3 Å². The number of fused-ring (bicyclic) bond motifs is 3. The molecule has 0 aliphatic carbocycles. The highest BCUT2D eigenvalue weighted by atomic mass is 32.2. The van der Waals surface area contributed by atoms with Gasteiger partial charge in [-0.15, -0.1) is 16.9 Å². The normalized spacial score (nSPS) is 11.3. The molecule has 0 saturated heterocycles. The highest BCUT2D eigenvalue weighted by molar-refractivity contribution is 7.98. The molecule has 9 heteroatoms. The number of thioether (sulfide) groups is 1. The molecule has 3 aromatic heterocycles. The van der Waals surface area contributed by atoms with E-state index in [-0.39, 0.29) is 18.1 Å². The fourth-order valence-electron chi connectivity index (χ4n) is 3.42. The van der Waals surface area contributed by atoms with Crippen LogP contribution >= 0.6 is 11.8 Å². The van der Waals surface area contributed by atoms with Gasteiger partial charge in [-0.1, -0.05) is 36.4 Å². The molecule has 0 spiro atoms. The summed E-state index contributed by atoms with van der Waals surface area (Å²) in [6.45, 7) is -0.185. The van der Waals surface area contributed by atoms with E-state index in [4.69, 9.17) is 0 Å². The molecule has 8 nitrogen and oxygen atoms in total. The van der Waals surface area contributed by atoms with Gasteiger partial charge in [0.25, 0.3) is 0 Å². The molecule has 0 bridgehead atoms. The summed E-state index contributed by atoms with van der Waals surface area (Å²) in [7, 11) is 0. The van der Waals surface area contributed by atoms with E-state index in [1.807, 2.05) is 66.9 Å². The quantitative estimate of drug-likeness (QED) is 0.433. The molecule has 2 aromatic carbocycles. The average molecular weight is 430 g/mol. The Morgan fingerprint density at radius 1 is 1.03 bits per heavy atom. The summed E-state index contributed by atoms with van der Waals surface area (Å²) in [5.41, 5.74) is 3.18. The van der Waals surface area contributed by atoms with Crippen LogP contribution in [0.4, 0.5) is 5.69 Å². The van der Waals surface area contributed by atoms with Crippen molar-refractivity contribution in [3.63, 3.8) is 0 Å². The van der Waals surface area contributed by atoms with Gasteiger partial charge in [0.1, 0.15) is 12.1 Å². The molecule has 0 saturated carbocycles. The second kappa shape index (κ2) is 7.77. The minimum Gasteiger partial charge on any atom is -0.324 e. The number of amides is 1. The van der Waals surface area contributed by atoms with Gasteiger partial charge in [-0.25, -0.2) is 18.4 Å². The van der Waals surface area contributed by atoms with Gasteiger partial charge >= 0.3 is 5.69 Å². The highest BCUT2D eigenvalue weighted by Gasteiger charge is 2.15. The Labute approximate surface area is 181 Å². The number of benzene rings is 2. The van der Waals surface area contributed by atoms with E-state index in [0.29, 0.717) is 16.9 Å². The number of nitrogens with zero attached hydrogens (tertiary/aromatic N) is 5. The van der Waals surface area contributed by atoms with Crippen molar-refractivity contribution in [2.24, 2.45) is 0 Å². The van der Waals surface area contributed by atoms with Crippen LogP contribution in [0, 0.1) is 0 Å². The van der Waals surface area contributed by atoms with Crippen molar-refractivity contribution in [2.45, 2.75) is 11.4 Å². The monoisotopic (exact) mass is 430 g/mol. The van der Waals surface area contributed by atoms with Gasteiger partial charge in [-0.3, -0.25) is 4.79 Å². The van der Waals surface area contributed by atoms with E-state index >= 15 is 0 Å². The number of nitrogens with one attached hydrogen (secondary N) is 1. The SMILES string of the molecule is CSc1cccc(NC(=O)Cn2nc3c4cc(-c5ccccc5)nn4ccn3c2=O)c1. The van der Waals surface area contributed by atoms with Gasteiger partial charge < -0.3 is 5.32 Å². The van der Waals surface area contributed by atoms with Crippen LogP contribution in [0.5, 0.6) is 0 Å². The van der Waals surface area contributed by atoms with Gasteiger partial charge in [0.2, 0.25) is 5.91 Å². The minimum atomic E-state index is -0.382. The molecule has 0 atom stereocenters. The lowest BCUT2D eigenvalue weighted by Gasteiger charge is -2.05. The van der Waals surface area contributed by atoms with Crippen LogP contribution in [0.25, 0.3) is 22.4 Å². The first-order valence-corrected chi connectivity index (χ1v) is 10.8. The number of carbonyl (C=O) groups excluding carboxylic acids is 1. The van der Waals surface area contributed by atoms with Crippen molar-refractivity contribution >= 4 is 34.5 Å². The van der Waals surface area contributed by atoms with E-state index in [0.717, 1.165) is 20.8 Å². The van der Waals surface area contributed by atoms with Crippen molar-refractivity contribution in [1.29, 1.82) is 0 Å². The Kier molecular flexibility index (Phi) is 4.79. The smallest absolute Gasteiger partial charge is 0.324 e. The van der Waals surface area contributed by atoms with E-state index in [1.54, 1.807) is 28.7 Å². The van der Waals surface area contributed by atoms with Crippen molar-refractivity contribution in [3.8, 4) is 11.3 Å². The Morgan fingerprint density at radius 3 is 2.68 bits per heavy atom. The van der Waals surface area contributed by atoms with E-state index in [2.05, 4.69) is 15.5 Å². The lowest BCUT2D eigenvalue weighted by atomic mass is 10.1. The average Bonchev–Trinajstić information content (AvgIpc) is 3.36. The molecule has 1 amide bonds. The Morgan fingerprint density at radius 2 is 1.87 bits per heavy atom. The number of hydrogen-bond acceptors (Lipinski definition) is 5. The first-order valence-electron chi connectivity index (χ1n) is 9.59. The molecule has 0 radical (unpaired) electrons. The van der Waals surface area contributed by atoms with Crippen molar-refractivity contribution in [2.75, 3.05) is 11.6 Å². The molecule has 0 aliphatic heterocycles. The number of aromatic nitrogens is 5. The number of anilines is 1. The highest BCUT2D eigenvalue weighted by Crippen LogP contribution is 2.21. The topological polar surface area (TPSA) is 85.7 Å². The fourth-order valence-corrected chi connectivity index (χ4v) is 3.88. The van der Waals surface area contributed by atoms with Crippen molar-refractivity contribution < 1.29 is 4.79 Å². The van der Waals surface area contributed by atoms with Crippen LogP contribution in [0.1, 0.15) is 0 Å². The second-order valence-electron chi connectivity index (χ2n) is 6.94. The van der Waals surface area contributed by atoms with Crippen LogP contribution in [0.3, 0.4) is 0 Å². The Hall–Kier alpha value is -3.85. The maximum Gasteiger partial charge on any atom is 0.350 e. The van der Waals surface area contributed by atoms with Crippen LogP contribution in [0.15, 0.2) is 82.7 Å². The summed E-state index contributed by atoms with van der Waals surface area (Å²) in [6.07, 6.45) is 5.28. The lowest BCUT2D eigenvalue weighted by Crippen LogP contribution is -2.28. The van der Waals surface area contributed by atoms with Crippen molar-refractivity contribution in [1.82, 2.24) is 23.8 Å². The van der Waals surface area contributed by atoms with Gasteiger partial charge in [-0.2, -0.15) is 5.10 Å². The first kappa shape index (κ1) is 19.1. The predicted octanol–water partition coefficient (Wildman–Crippen LogP) is 3.17. The van der Waals surface area contributed by atoms with Gasteiger partial charge in [0, 0.05) is 28.5 Å². The first-order chi connectivity index (χ1) is 15.1. The van der Waals surface area contributed by atoms with Gasteiger partial charge in [0.05, 0.1) is 5.69 Å². The molecule has 3 heterocycles. The molecule has 31 heavy (non-hydrogen) atoms. The Bertz CT molecular complexity index is 1470. The zero-order chi connectivity index (χ0) is 21.4. The molecular weight excluding hydrogens is 412 g/mol. The van der Waals surface area contributed by atoms with Crippen LogP contribution in [0.2, 0.25) is 0 Å². The molecule has 0 unspecified atom stereocenters. The molecule has 5 rings (SSSR count). The molecule has 1 N–H and O–H groups in total. The van der Waals surface area contributed by atoms with Crippen LogP contribution in [-0.4, -0.2) is 36.0 Å².